The standard InChI is InChI=1S/C11H17ClO2S/c12-15(13,14)7-11-4-8-1-9(5-11)3-10(2-8)6-11/h8-10H,1-7H2. The van der Waals surface area contributed by atoms with Gasteiger partial charge >= 0.3 is 0 Å². The smallest absolute Gasteiger partial charge is 0.212 e. The van der Waals surface area contributed by atoms with Crippen LogP contribution in [0, 0.1) is 23.2 Å². The Labute approximate surface area is 95.8 Å². The Bertz CT molecular complexity index is 339. The van der Waals surface area contributed by atoms with Crippen molar-refractivity contribution >= 4 is 19.7 Å². The molecule has 0 saturated heterocycles. The van der Waals surface area contributed by atoms with E-state index in [1.165, 1.54) is 19.3 Å². The molecule has 86 valence electrons. The monoisotopic (exact) mass is 248 g/mol. The van der Waals surface area contributed by atoms with Crippen molar-refractivity contribution in [2.24, 2.45) is 23.2 Å². The first-order valence-electron chi connectivity index (χ1n) is 5.86. The molecular formula is C11H17ClO2S. The molecule has 0 aliphatic heterocycles. The van der Waals surface area contributed by atoms with Crippen molar-refractivity contribution in [3.8, 4) is 0 Å². The predicted octanol–water partition coefficient (Wildman–Crippen LogP) is 2.77. The Hall–Kier alpha value is 0.240. The van der Waals surface area contributed by atoms with Gasteiger partial charge in [-0.25, -0.2) is 8.42 Å². The zero-order chi connectivity index (χ0) is 10.7. The maximum absolute atomic E-state index is 11.3. The molecule has 2 nitrogen and oxygen atoms in total. The molecule has 0 aromatic carbocycles. The van der Waals surface area contributed by atoms with Crippen LogP contribution in [0.25, 0.3) is 0 Å². The van der Waals surface area contributed by atoms with Crippen molar-refractivity contribution < 1.29 is 8.42 Å². The summed E-state index contributed by atoms with van der Waals surface area (Å²) in [5, 5.41) is 0. The average Bonchev–Trinajstić information content (AvgIpc) is 1.94. The minimum Gasteiger partial charge on any atom is -0.212 e. The van der Waals surface area contributed by atoms with Crippen LogP contribution in [-0.2, 0) is 9.05 Å². The molecule has 4 aliphatic rings. The molecule has 4 fully saturated rings. The fourth-order valence-electron chi connectivity index (χ4n) is 4.83. The first-order chi connectivity index (χ1) is 6.94. The quantitative estimate of drug-likeness (QED) is 0.705. The van der Waals surface area contributed by atoms with Gasteiger partial charge in [0.2, 0.25) is 9.05 Å². The van der Waals surface area contributed by atoms with Crippen LogP contribution in [0.3, 0.4) is 0 Å². The van der Waals surface area contributed by atoms with Gasteiger partial charge in [-0.1, -0.05) is 0 Å². The molecule has 0 amide bonds. The zero-order valence-corrected chi connectivity index (χ0v) is 10.4. The Morgan fingerprint density at radius 1 is 1.00 bits per heavy atom. The summed E-state index contributed by atoms with van der Waals surface area (Å²) >= 11 is 0. The highest BCUT2D eigenvalue weighted by Crippen LogP contribution is 2.60. The van der Waals surface area contributed by atoms with E-state index in [0.717, 1.165) is 37.0 Å². The van der Waals surface area contributed by atoms with Crippen molar-refractivity contribution in [2.75, 3.05) is 5.75 Å². The van der Waals surface area contributed by atoms with Crippen LogP contribution in [0.15, 0.2) is 0 Å². The van der Waals surface area contributed by atoms with Gasteiger partial charge in [-0.2, -0.15) is 0 Å². The lowest BCUT2D eigenvalue weighted by molar-refractivity contribution is -0.0388. The summed E-state index contributed by atoms with van der Waals surface area (Å²) in [6.07, 6.45) is 7.39. The maximum atomic E-state index is 11.3. The van der Waals surface area contributed by atoms with Gasteiger partial charge in [0, 0.05) is 10.7 Å². The van der Waals surface area contributed by atoms with E-state index in [0.29, 0.717) is 0 Å². The summed E-state index contributed by atoms with van der Waals surface area (Å²) < 4.78 is 22.6. The van der Waals surface area contributed by atoms with Gasteiger partial charge < -0.3 is 0 Å². The average molecular weight is 249 g/mol. The third kappa shape index (κ3) is 1.93. The van der Waals surface area contributed by atoms with Crippen molar-refractivity contribution in [3.63, 3.8) is 0 Å². The van der Waals surface area contributed by atoms with E-state index in [-0.39, 0.29) is 11.2 Å². The first-order valence-corrected chi connectivity index (χ1v) is 8.34. The molecule has 0 radical (unpaired) electrons. The summed E-state index contributed by atoms with van der Waals surface area (Å²) in [5.74, 6) is 2.63. The SMILES string of the molecule is O=S(=O)(Cl)CC12CC3CC(CC(C3)C1)C2. The lowest BCUT2D eigenvalue weighted by Crippen LogP contribution is -2.48. The molecule has 4 aliphatic carbocycles. The van der Waals surface area contributed by atoms with Crippen molar-refractivity contribution in [3.05, 3.63) is 0 Å². The summed E-state index contributed by atoms with van der Waals surface area (Å²) in [5.41, 5.74) is 0.0648. The van der Waals surface area contributed by atoms with E-state index in [1.54, 1.807) is 0 Å². The summed E-state index contributed by atoms with van der Waals surface area (Å²) in [6.45, 7) is 0. The molecule has 4 saturated carbocycles. The van der Waals surface area contributed by atoms with E-state index in [1.807, 2.05) is 0 Å². The minimum atomic E-state index is -3.31. The van der Waals surface area contributed by atoms with Gasteiger partial charge in [-0.15, -0.1) is 0 Å². The van der Waals surface area contributed by atoms with Crippen LogP contribution in [0.4, 0.5) is 0 Å². The van der Waals surface area contributed by atoms with E-state index < -0.39 is 9.05 Å². The molecule has 15 heavy (non-hydrogen) atoms. The van der Waals surface area contributed by atoms with Crippen molar-refractivity contribution in [1.82, 2.24) is 0 Å². The third-order valence-electron chi connectivity index (χ3n) is 4.64. The van der Waals surface area contributed by atoms with E-state index >= 15 is 0 Å². The van der Waals surface area contributed by atoms with Crippen LogP contribution >= 0.6 is 10.7 Å². The zero-order valence-electron chi connectivity index (χ0n) is 8.78. The van der Waals surface area contributed by atoms with Crippen LogP contribution < -0.4 is 0 Å². The number of rotatable bonds is 2. The first kappa shape index (κ1) is 10.4. The number of hydrogen-bond acceptors (Lipinski definition) is 2. The van der Waals surface area contributed by atoms with Crippen molar-refractivity contribution in [2.45, 2.75) is 38.5 Å². The fourth-order valence-corrected chi connectivity index (χ4v) is 6.61. The lowest BCUT2D eigenvalue weighted by atomic mass is 9.50. The molecule has 0 aromatic rings. The highest BCUT2D eigenvalue weighted by molar-refractivity contribution is 8.13. The molecule has 0 atom stereocenters. The molecule has 0 spiro atoms. The van der Waals surface area contributed by atoms with Gasteiger partial charge in [0.15, 0.2) is 0 Å². The molecular weight excluding hydrogens is 232 g/mol. The Balaban J connectivity index is 1.87. The molecule has 0 N–H and O–H groups in total. The topological polar surface area (TPSA) is 34.1 Å². The summed E-state index contributed by atoms with van der Waals surface area (Å²) in [4.78, 5) is 0. The van der Waals surface area contributed by atoms with E-state index in [2.05, 4.69) is 0 Å². The molecule has 4 bridgehead atoms. The van der Waals surface area contributed by atoms with Gasteiger partial charge in [0.1, 0.15) is 0 Å². The summed E-state index contributed by atoms with van der Waals surface area (Å²) in [7, 11) is 2.13. The highest BCUT2D eigenvalue weighted by Gasteiger charge is 2.52. The second kappa shape index (κ2) is 3.13. The van der Waals surface area contributed by atoms with Gasteiger partial charge in [-0.3, -0.25) is 0 Å². The minimum absolute atomic E-state index is 0.0648. The largest absolute Gasteiger partial charge is 0.233 e. The third-order valence-corrected chi connectivity index (χ3v) is 5.93. The van der Waals surface area contributed by atoms with Crippen molar-refractivity contribution in [1.29, 1.82) is 0 Å². The molecule has 0 unspecified atom stereocenters. The van der Waals surface area contributed by atoms with Crippen LogP contribution in [0.1, 0.15) is 38.5 Å². The Kier molecular flexibility index (Phi) is 2.17. The van der Waals surface area contributed by atoms with Gasteiger partial charge in [0.05, 0.1) is 5.75 Å². The Morgan fingerprint density at radius 2 is 1.40 bits per heavy atom. The normalized spacial score (nSPS) is 48.5. The molecule has 4 rings (SSSR count). The second-order valence-electron chi connectivity index (χ2n) is 6.10. The number of hydrogen-bond donors (Lipinski definition) is 0. The fraction of sp³-hybridized carbons (Fsp3) is 1.00. The van der Waals surface area contributed by atoms with Crippen LogP contribution in [0.2, 0.25) is 0 Å². The van der Waals surface area contributed by atoms with Gasteiger partial charge in [0.25, 0.3) is 0 Å². The van der Waals surface area contributed by atoms with E-state index in [4.69, 9.17) is 10.7 Å². The lowest BCUT2D eigenvalue weighted by Gasteiger charge is -2.56. The van der Waals surface area contributed by atoms with E-state index in [9.17, 15) is 8.42 Å². The molecule has 0 heterocycles. The van der Waals surface area contributed by atoms with Crippen LogP contribution in [0.5, 0.6) is 0 Å². The van der Waals surface area contributed by atoms with Crippen LogP contribution in [-0.4, -0.2) is 14.2 Å². The Morgan fingerprint density at radius 3 is 1.73 bits per heavy atom. The highest BCUT2D eigenvalue weighted by atomic mass is 35.7. The summed E-state index contributed by atoms with van der Waals surface area (Å²) in [6, 6.07) is 0. The molecule has 0 aromatic heterocycles. The maximum Gasteiger partial charge on any atom is 0.233 e. The molecule has 4 heteroatoms. The predicted molar refractivity (Wildman–Crippen MR) is 60.2 cm³/mol. The van der Waals surface area contributed by atoms with Gasteiger partial charge in [-0.05, 0) is 61.7 Å². The second-order valence-corrected chi connectivity index (χ2v) is 8.88. The number of halogens is 1.